The van der Waals surface area contributed by atoms with Crippen LogP contribution in [-0.4, -0.2) is 40.4 Å². The molecule has 0 atom stereocenters. The summed E-state index contributed by atoms with van der Waals surface area (Å²) in [6, 6.07) is 4.27. The molecular formula is C16H20N4O2. The van der Waals surface area contributed by atoms with E-state index in [0.717, 1.165) is 31.6 Å². The van der Waals surface area contributed by atoms with Crippen molar-refractivity contribution < 1.29 is 9.53 Å². The number of piperidine rings is 1. The van der Waals surface area contributed by atoms with E-state index in [0.29, 0.717) is 18.2 Å². The number of carbonyl (C=O) groups is 1. The second kappa shape index (κ2) is 6.60. The molecule has 116 valence electrons. The molecule has 1 saturated heterocycles. The number of hydrogen-bond donors (Lipinski definition) is 0. The van der Waals surface area contributed by atoms with Gasteiger partial charge in [-0.3, -0.25) is 9.67 Å². The summed E-state index contributed by atoms with van der Waals surface area (Å²) >= 11 is 0. The molecule has 6 heteroatoms. The van der Waals surface area contributed by atoms with E-state index in [1.807, 2.05) is 29.2 Å². The SMILES string of the molecule is CCOC(=O)c1cncc(N2CCC(n3cccn3)CC2)c1. The normalized spacial score (nSPS) is 15.8. The van der Waals surface area contributed by atoms with Crippen molar-refractivity contribution in [2.75, 3.05) is 24.6 Å². The van der Waals surface area contributed by atoms with Crippen LogP contribution in [0.4, 0.5) is 5.69 Å². The summed E-state index contributed by atoms with van der Waals surface area (Å²) in [7, 11) is 0. The minimum absolute atomic E-state index is 0.316. The smallest absolute Gasteiger partial charge is 0.339 e. The van der Waals surface area contributed by atoms with Gasteiger partial charge in [0.05, 0.1) is 30.1 Å². The van der Waals surface area contributed by atoms with Crippen molar-refractivity contribution in [2.24, 2.45) is 0 Å². The third kappa shape index (κ3) is 3.10. The molecule has 0 spiro atoms. The van der Waals surface area contributed by atoms with Crippen LogP contribution in [0.2, 0.25) is 0 Å². The van der Waals surface area contributed by atoms with Gasteiger partial charge in [0.15, 0.2) is 0 Å². The topological polar surface area (TPSA) is 60.2 Å². The van der Waals surface area contributed by atoms with Crippen molar-refractivity contribution in [3.8, 4) is 0 Å². The third-order valence-corrected chi connectivity index (χ3v) is 3.96. The fourth-order valence-corrected chi connectivity index (χ4v) is 2.81. The van der Waals surface area contributed by atoms with Crippen LogP contribution in [0.15, 0.2) is 36.9 Å². The van der Waals surface area contributed by atoms with Crippen molar-refractivity contribution in [1.82, 2.24) is 14.8 Å². The summed E-state index contributed by atoms with van der Waals surface area (Å²) in [5.41, 5.74) is 1.48. The molecule has 3 rings (SSSR count). The highest BCUT2D eigenvalue weighted by Crippen LogP contribution is 2.26. The summed E-state index contributed by atoms with van der Waals surface area (Å²) in [6.07, 6.45) is 9.26. The average Bonchev–Trinajstić information content (AvgIpc) is 3.10. The lowest BCUT2D eigenvalue weighted by molar-refractivity contribution is 0.0526. The van der Waals surface area contributed by atoms with E-state index < -0.39 is 0 Å². The van der Waals surface area contributed by atoms with Crippen molar-refractivity contribution in [1.29, 1.82) is 0 Å². The lowest BCUT2D eigenvalue weighted by atomic mass is 10.0. The van der Waals surface area contributed by atoms with Gasteiger partial charge in [0, 0.05) is 31.7 Å². The maximum Gasteiger partial charge on any atom is 0.339 e. The van der Waals surface area contributed by atoms with Gasteiger partial charge in [-0.1, -0.05) is 0 Å². The summed E-state index contributed by atoms with van der Waals surface area (Å²) < 4.78 is 7.06. The zero-order chi connectivity index (χ0) is 15.4. The molecule has 1 aliphatic heterocycles. The monoisotopic (exact) mass is 300 g/mol. The zero-order valence-corrected chi connectivity index (χ0v) is 12.7. The van der Waals surface area contributed by atoms with Gasteiger partial charge in [0.2, 0.25) is 0 Å². The van der Waals surface area contributed by atoms with Gasteiger partial charge in [0.25, 0.3) is 0 Å². The quantitative estimate of drug-likeness (QED) is 0.811. The summed E-state index contributed by atoms with van der Waals surface area (Å²) in [4.78, 5) is 18.2. The Morgan fingerprint density at radius 3 is 2.86 bits per heavy atom. The molecule has 1 aliphatic rings. The number of nitrogens with zero attached hydrogens (tertiary/aromatic N) is 4. The van der Waals surface area contributed by atoms with Crippen molar-refractivity contribution >= 4 is 11.7 Å². The lowest BCUT2D eigenvalue weighted by Gasteiger charge is -2.33. The van der Waals surface area contributed by atoms with Gasteiger partial charge in [-0.25, -0.2) is 4.79 Å². The van der Waals surface area contributed by atoms with Crippen LogP contribution in [-0.2, 0) is 4.74 Å². The van der Waals surface area contributed by atoms with Crippen LogP contribution in [0, 0.1) is 0 Å². The van der Waals surface area contributed by atoms with Crippen molar-refractivity contribution in [2.45, 2.75) is 25.8 Å². The number of aromatic nitrogens is 3. The second-order valence-corrected chi connectivity index (χ2v) is 5.36. The predicted octanol–water partition coefficient (Wildman–Crippen LogP) is 2.30. The molecule has 0 aromatic carbocycles. The third-order valence-electron chi connectivity index (χ3n) is 3.96. The molecule has 6 nitrogen and oxygen atoms in total. The predicted molar refractivity (Wildman–Crippen MR) is 82.9 cm³/mol. The number of esters is 1. The standard InChI is InChI=1S/C16H20N4O2/c1-2-22-16(21)13-10-15(12-17-11-13)19-8-4-14(5-9-19)20-7-3-6-18-20/h3,6-7,10-12,14H,2,4-5,8-9H2,1H3. The Labute approximate surface area is 129 Å². The van der Waals surface area contributed by atoms with Crippen LogP contribution in [0.3, 0.4) is 0 Å². The summed E-state index contributed by atoms with van der Waals surface area (Å²) in [5.74, 6) is -0.316. The molecule has 0 radical (unpaired) electrons. The molecule has 0 N–H and O–H groups in total. The maximum absolute atomic E-state index is 11.8. The number of carbonyl (C=O) groups excluding carboxylic acids is 1. The van der Waals surface area contributed by atoms with Crippen molar-refractivity contribution in [3.63, 3.8) is 0 Å². The summed E-state index contributed by atoms with van der Waals surface area (Å²) in [5, 5.41) is 4.32. The Hall–Kier alpha value is -2.37. The maximum atomic E-state index is 11.8. The molecule has 0 bridgehead atoms. The Kier molecular flexibility index (Phi) is 4.37. The van der Waals surface area contributed by atoms with E-state index in [1.54, 1.807) is 19.3 Å². The van der Waals surface area contributed by atoms with Gasteiger partial charge >= 0.3 is 5.97 Å². The number of ether oxygens (including phenoxy) is 1. The number of rotatable bonds is 4. The highest BCUT2D eigenvalue weighted by Gasteiger charge is 2.21. The Bertz CT molecular complexity index is 619. The first-order valence-corrected chi connectivity index (χ1v) is 7.64. The molecule has 0 unspecified atom stereocenters. The van der Waals surface area contributed by atoms with E-state index in [4.69, 9.17) is 4.74 Å². The van der Waals surface area contributed by atoms with Gasteiger partial charge < -0.3 is 9.64 Å². The molecule has 2 aromatic rings. The van der Waals surface area contributed by atoms with Crippen LogP contribution in [0.25, 0.3) is 0 Å². The largest absolute Gasteiger partial charge is 0.462 e. The summed E-state index contributed by atoms with van der Waals surface area (Å²) in [6.45, 7) is 4.03. The van der Waals surface area contributed by atoms with Crippen LogP contribution >= 0.6 is 0 Å². The van der Waals surface area contributed by atoms with E-state index in [1.165, 1.54) is 0 Å². The van der Waals surface area contributed by atoms with Gasteiger partial charge in [-0.05, 0) is 31.9 Å². The average molecular weight is 300 g/mol. The van der Waals surface area contributed by atoms with E-state index in [-0.39, 0.29) is 5.97 Å². The molecule has 1 fully saturated rings. The molecule has 0 amide bonds. The van der Waals surface area contributed by atoms with Crippen molar-refractivity contribution in [3.05, 3.63) is 42.5 Å². The Morgan fingerprint density at radius 1 is 1.36 bits per heavy atom. The van der Waals surface area contributed by atoms with Gasteiger partial charge in [-0.15, -0.1) is 0 Å². The first-order chi connectivity index (χ1) is 10.8. The fraction of sp³-hybridized carbons (Fsp3) is 0.438. The minimum Gasteiger partial charge on any atom is -0.462 e. The van der Waals surface area contributed by atoms with Gasteiger partial charge in [0.1, 0.15) is 0 Å². The van der Waals surface area contributed by atoms with Gasteiger partial charge in [-0.2, -0.15) is 5.10 Å². The van der Waals surface area contributed by atoms with Crippen LogP contribution in [0.5, 0.6) is 0 Å². The zero-order valence-electron chi connectivity index (χ0n) is 12.7. The number of anilines is 1. The molecule has 22 heavy (non-hydrogen) atoms. The highest BCUT2D eigenvalue weighted by molar-refractivity contribution is 5.90. The molecular weight excluding hydrogens is 280 g/mol. The van der Waals surface area contributed by atoms with Crippen LogP contribution < -0.4 is 4.90 Å². The Balaban J connectivity index is 1.66. The highest BCUT2D eigenvalue weighted by atomic mass is 16.5. The minimum atomic E-state index is -0.316. The van der Waals surface area contributed by atoms with E-state index in [9.17, 15) is 4.79 Å². The molecule has 0 saturated carbocycles. The second-order valence-electron chi connectivity index (χ2n) is 5.36. The van der Waals surface area contributed by atoms with E-state index in [2.05, 4.69) is 15.0 Å². The first kappa shape index (κ1) is 14.6. The number of hydrogen-bond acceptors (Lipinski definition) is 5. The Morgan fingerprint density at radius 2 is 2.18 bits per heavy atom. The molecule has 3 heterocycles. The first-order valence-electron chi connectivity index (χ1n) is 7.64. The fourth-order valence-electron chi connectivity index (χ4n) is 2.81. The number of pyridine rings is 1. The van der Waals surface area contributed by atoms with Crippen LogP contribution in [0.1, 0.15) is 36.2 Å². The molecule has 2 aromatic heterocycles. The lowest BCUT2D eigenvalue weighted by Crippen LogP contribution is -2.35. The van der Waals surface area contributed by atoms with E-state index >= 15 is 0 Å². The molecule has 0 aliphatic carbocycles.